The third kappa shape index (κ3) is 4.89. The molecule has 1 unspecified atom stereocenters. The Morgan fingerprint density at radius 3 is 2.05 bits per heavy atom. The lowest BCUT2D eigenvalue weighted by Gasteiger charge is -2.26. The molecule has 1 fully saturated rings. The van der Waals surface area contributed by atoms with Gasteiger partial charge in [0.1, 0.15) is 23.0 Å². The molecular formula is C30H31NO6. The van der Waals surface area contributed by atoms with E-state index in [1.54, 1.807) is 74.9 Å². The van der Waals surface area contributed by atoms with E-state index >= 15 is 0 Å². The summed E-state index contributed by atoms with van der Waals surface area (Å²) in [7, 11) is 3.14. The Bertz CT molecular complexity index is 1360. The molecule has 0 spiro atoms. The van der Waals surface area contributed by atoms with Gasteiger partial charge in [-0.25, -0.2) is 0 Å². The van der Waals surface area contributed by atoms with Gasteiger partial charge in [0, 0.05) is 11.3 Å². The number of benzene rings is 3. The number of methoxy groups -OCH3 is 2. The molecule has 1 heterocycles. The van der Waals surface area contributed by atoms with Crippen LogP contribution in [-0.2, 0) is 9.59 Å². The summed E-state index contributed by atoms with van der Waals surface area (Å²) in [5.74, 6) is 0.254. The van der Waals surface area contributed by atoms with Crippen LogP contribution in [0.25, 0.3) is 5.76 Å². The number of anilines is 1. The molecule has 0 aromatic heterocycles. The minimum absolute atomic E-state index is 0.00410. The summed E-state index contributed by atoms with van der Waals surface area (Å²) in [6.45, 7) is 7.54. The lowest BCUT2D eigenvalue weighted by Crippen LogP contribution is -2.29. The zero-order valence-corrected chi connectivity index (χ0v) is 21.9. The molecule has 3 aromatic rings. The maximum atomic E-state index is 13.5. The molecule has 192 valence electrons. The largest absolute Gasteiger partial charge is 0.507 e. The lowest BCUT2D eigenvalue weighted by atomic mass is 9.93. The van der Waals surface area contributed by atoms with E-state index in [1.807, 2.05) is 27.7 Å². The third-order valence-electron chi connectivity index (χ3n) is 6.36. The molecule has 7 nitrogen and oxygen atoms in total. The van der Waals surface area contributed by atoms with Crippen LogP contribution < -0.4 is 19.1 Å². The molecule has 1 atom stereocenters. The molecule has 0 aliphatic carbocycles. The van der Waals surface area contributed by atoms with Crippen molar-refractivity contribution in [1.29, 1.82) is 0 Å². The Kier molecular flexibility index (Phi) is 7.25. The zero-order valence-electron chi connectivity index (χ0n) is 21.9. The standard InChI is InChI=1S/C30H31NO6/c1-17(2)37-23-13-9-21(10-14-23)31-27(20-7-11-22(35-5)12-8-20)26(29(33)30(31)34)28(32)24-15-19(4)25(36-6)16-18(24)3/h7-17,27,32H,1-6H3/b28-26+. The number of nitrogens with zero attached hydrogens (tertiary/aromatic N) is 1. The van der Waals surface area contributed by atoms with Gasteiger partial charge in [0.2, 0.25) is 0 Å². The Morgan fingerprint density at radius 1 is 0.865 bits per heavy atom. The average molecular weight is 502 g/mol. The number of ketones is 1. The first kappa shape index (κ1) is 25.8. The Labute approximate surface area is 216 Å². The van der Waals surface area contributed by atoms with E-state index in [9.17, 15) is 14.7 Å². The van der Waals surface area contributed by atoms with E-state index in [0.29, 0.717) is 34.1 Å². The van der Waals surface area contributed by atoms with Crippen molar-refractivity contribution in [2.24, 2.45) is 0 Å². The van der Waals surface area contributed by atoms with Gasteiger partial charge in [0.05, 0.1) is 31.9 Å². The molecule has 1 aliphatic rings. The Balaban J connectivity index is 1.90. The van der Waals surface area contributed by atoms with E-state index in [2.05, 4.69) is 0 Å². The van der Waals surface area contributed by atoms with E-state index in [1.165, 1.54) is 4.90 Å². The number of rotatable bonds is 7. The summed E-state index contributed by atoms with van der Waals surface area (Å²) >= 11 is 0. The highest BCUT2D eigenvalue weighted by molar-refractivity contribution is 6.51. The quantitative estimate of drug-likeness (QED) is 0.253. The molecule has 0 radical (unpaired) electrons. The first-order chi connectivity index (χ1) is 17.7. The predicted molar refractivity (Wildman–Crippen MR) is 142 cm³/mol. The van der Waals surface area contributed by atoms with Crippen LogP contribution in [0, 0.1) is 13.8 Å². The highest BCUT2D eigenvalue weighted by Crippen LogP contribution is 2.43. The predicted octanol–water partition coefficient (Wildman–Crippen LogP) is 5.73. The number of aliphatic hydroxyl groups excluding tert-OH is 1. The van der Waals surface area contributed by atoms with Gasteiger partial charge in [0.25, 0.3) is 11.7 Å². The summed E-state index contributed by atoms with van der Waals surface area (Å²) in [5.41, 5.74) is 3.17. The number of aliphatic hydroxyl groups is 1. The van der Waals surface area contributed by atoms with Gasteiger partial charge in [-0.2, -0.15) is 0 Å². The highest BCUT2D eigenvalue weighted by Gasteiger charge is 2.47. The number of Topliss-reactive ketones (excluding diaryl/α,β-unsaturated/α-hetero) is 1. The molecule has 0 bridgehead atoms. The highest BCUT2D eigenvalue weighted by atomic mass is 16.5. The van der Waals surface area contributed by atoms with Crippen molar-refractivity contribution >= 4 is 23.1 Å². The zero-order chi connectivity index (χ0) is 26.9. The van der Waals surface area contributed by atoms with E-state index < -0.39 is 17.7 Å². The Hall–Kier alpha value is -4.26. The van der Waals surface area contributed by atoms with E-state index in [-0.39, 0.29) is 17.4 Å². The first-order valence-electron chi connectivity index (χ1n) is 12.0. The van der Waals surface area contributed by atoms with E-state index in [0.717, 1.165) is 11.1 Å². The van der Waals surface area contributed by atoms with Crippen LogP contribution in [-0.4, -0.2) is 37.1 Å². The molecule has 1 N–H and O–H groups in total. The van der Waals surface area contributed by atoms with Gasteiger partial charge in [-0.3, -0.25) is 14.5 Å². The molecule has 1 saturated heterocycles. The molecular weight excluding hydrogens is 470 g/mol. The average Bonchev–Trinajstić information content (AvgIpc) is 3.15. The van der Waals surface area contributed by atoms with Crippen molar-refractivity contribution in [3.05, 3.63) is 88.5 Å². The SMILES string of the molecule is COc1ccc(C2/C(=C(\O)c3cc(C)c(OC)cc3C)C(=O)C(=O)N2c2ccc(OC(C)C)cc2)cc1. The fourth-order valence-electron chi connectivity index (χ4n) is 4.57. The number of ether oxygens (including phenoxy) is 3. The summed E-state index contributed by atoms with van der Waals surface area (Å²) in [6, 6.07) is 16.8. The minimum atomic E-state index is -0.843. The summed E-state index contributed by atoms with van der Waals surface area (Å²) in [6.07, 6.45) is -0.00410. The lowest BCUT2D eigenvalue weighted by molar-refractivity contribution is -0.132. The normalized spacial score (nSPS) is 16.8. The van der Waals surface area contributed by atoms with Gasteiger partial charge >= 0.3 is 0 Å². The van der Waals surface area contributed by atoms with Crippen molar-refractivity contribution in [1.82, 2.24) is 0 Å². The minimum Gasteiger partial charge on any atom is -0.507 e. The van der Waals surface area contributed by atoms with Crippen molar-refractivity contribution in [2.75, 3.05) is 19.1 Å². The van der Waals surface area contributed by atoms with Crippen molar-refractivity contribution < 1.29 is 28.9 Å². The van der Waals surface area contributed by atoms with Gasteiger partial charge in [0.15, 0.2) is 0 Å². The maximum Gasteiger partial charge on any atom is 0.300 e. The molecule has 1 aliphatic heterocycles. The molecule has 7 heteroatoms. The van der Waals surface area contributed by atoms with Gasteiger partial charge in [-0.15, -0.1) is 0 Å². The number of amides is 1. The van der Waals surface area contributed by atoms with Crippen LogP contribution in [0.3, 0.4) is 0 Å². The van der Waals surface area contributed by atoms with Crippen LogP contribution in [0.1, 0.15) is 42.1 Å². The number of aryl methyl sites for hydroxylation is 2. The molecule has 37 heavy (non-hydrogen) atoms. The van der Waals surface area contributed by atoms with Crippen LogP contribution in [0.2, 0.25) is 0 Å². The topological polar surface area (TPSA) is 85.3 Å². The maximum absolute atomic E-state index is 13.5. The monoisotopic (exact) mass is 501 g/mol. The molecule has 4 rings (SSSR count). The third-order valence-corrected chi connectivity index (χ3v) is 6.36. The second-order valence-corrected chi connectivity index (χ2v) is 9.24. The van der Waals surface area contributed by atoms with Gasteiger partial charge < -0.3 is 19.3 Å². The van der Waals surface area contributed by atoms with Crippen LogP contribution in [0.15, 0.2) is 66.2 Å². The van der Waals surface area contributed by atoms with Crippen molar-refractivity contribution in [3.8, 4) is 17.2 Å². The smallest absolute Gasteiger partial charge is 0.300 e. The van der Waals surface area contributed by atoms with Crippen LogP contribution in [0.5, 0.6) is 17.2 Å². The molecule has 1 amide bonds. The van der Waals surface area contributed by atoms with Crippen LogP contribution in [0.4, 0.5) is 5.69 Å². The second-order valence-electron chi connectivity index (χ2n) is 9.24. The summed E-state index contributed by atoms with van der Waals surface area (Å²) < 4.78 is 16.4. The Morgan fingerprint density at radius 2 is 1.49 bits per heavy atom. The summed E-state index contributed by atoms with van der Waals surface area (Å²) in [5, 5.41) is 11.5. The van der Waals surface area contributed by atoms with Crippen molar-refractivity contribution in [2.45, 2.75) is 39.8 Å². The van der Waals surface area contributed by atoms with E-state index in [4.69, 9.17) is 14.2 Å². The molecule has 0 saturated carbocycles. The molecule has 3 aromatic carbocycles. The second kappa shape index (κ2) is 10.4. The van der Waals surface area contributed by atoms with Gasteiger partial charge in [-0.1, -0.05) is 12.1 Å². The summed E-state index contributed by atoms with van der Waals surface area (Å²) in [4.78, 5) is 28.3. The number of hydrogen-bond acceptors (Lipinski definition) is 6. The first-order valence-corrected chi connectivity index (χ1v) is 12.0. The van der Waals surface area contributed by atoms with Gasteiger partial charge in [-0.05, 0) is 92.9 Å². The fourth-order valence-corrected chi connectivity index (χ4v) is 4.57. The number of carbonyl (C=O) groups is 2. The number of carbonyl (C=O) groups excluding carboxylic acids is 2. The fraction of sp³-hybridized carbons (Fsp3) is 0.267. The number of hydrogen-bond donors (Lipinski definition) is 1. The van der Waals surface area contributed by atoms with Crippen molar-refractivity contribution in [3.63, 3.8) is 0 Å². The van der Waals surface area contributed by atoms with Crippen LogP contribution >= 0.6 is 0 Å².